The fourth-order valence-corrected chi connectivity index (χ4v) is 12.0. The van der Waals surface area contributed by atoms with Crippen LogP contribution in [0.3, 0.4) is 0 Å². The molecular weight excluding hydrogens is 1120 g/mol. The number of nitrogens with zero attached hydrogens (tertiary/aromatic N) is 9. The number of aromatic nitrogens is 9. The van der Waals surface area contributed by atoms with Gasteiger partial charge in [0.25, 0.3) is 32.3 Å². The Balaban J connectivity index is 0.0000000971. The number of pyridine rings is 4. The van der Waals surface area contributed by atoms with Gasteiger partial charge < -0.3 is 28.1 Å². The van der Waals surface area contributed by atoms with Crippen LogP contribution in [0.15, 0.2) is 260 Å². The third-order valence-corrected chi connectivity index (χ3v) is 16.3. The van der Waals surface area contributed by atoms with Gasteiger partial charge in [0.1, 0.15) is 40.5 Å². The normalized spacial score (nSPS) is 12.4. The topological polar surface area (TPSA) is 130 Å². The molecule has 5 aliphatic rings. The van der Waals surface area contributed by atoms with Crippen LogP contribution in [-0.4, -0.2) is 19.9 Å². The van der Waals surface area contributed by atoms with E-state index in [0.717, 1.165) is 108 Å². The summed E-state index contributed by atoms with van der Waals surface area (Å²) in [5, 5.41) is 2.10. The first-order valence-electron chi connectivity index (χ1n) is 28.7. The Bertz CT molecular complexity index is 4400. The molecule has 0 radical (unpaired) electrons. The van der Waals surface area contributed by atoms with E-state index in [0.29, 0.717) is 33.7 Å². The second-order valence-corrected chi connectivity index (χ2v) is 21.8. The minimum absolute atomic E-state index is 0.480. The van der Waals surface area contributed by atoms with Crippen molar-refractivity contribution in [3.05, 3.63) is 267 Å². The third kappa shape index (κ3) is 10.9. The van der Waals surface area contributed by atoms with Gasteiger partial charge in [-0.3, -0.25) is 4.98 Å². The van der Waals surface area contributed by atoms with E-state index in [1.807, 2.05) is 150 Å². The predicted octanol–water partition coefficient (Wildman–Crippen LogP) is 12.8. The molecule has 15 nitrogen and oxygen atoms in total. The quantitative estimate of drug-likeness (QED) is 0.158. The van der Waals surface area contributed by atoms with Gasteiger partial charge in [-0.15, -0.1) is 11.3 Å². The highest BCUT2D eigenvalue weighted by Crippen LogP contribution is 2.43. The molecule has 16 heteroatoms. The van der Waals surface area contributed by atoms with Gasteiger partial charge in [-0.25, -0.2) is 0 Å². The number of hydrogen-bond donors (Lipinski definition) is 0. The van der Waals surface area contributed by atoms with Crippen LogP contribution in [0.25, 0.3) is 89.6 Å². The van der Waals surface area contributed by atoms with Crippen LogP contribution in [0.2, 0.25) is 0 Å². The Morgan fingerprint density at radius 1 is 0.364 bits per heavy atom. The van der Waals surface area contributed by atoms with E-state index < -0.39 is 0 Å². The number of thiophene rings is 1. The smallest absolute Gasteiger partial charge is 0.336 e. The Morgan fingerprint density at radius 2 is 0.852 bits per heavy atom. The molecule has 0 saturated heterocycles. The number of furan rings is 1. The number of para-hydroxylation sites is 5. The zero-order valence-electron chi connectivity index (χ0n) is 48.2. The Kier molecular flexibility index (Phi) is 15.4. The molecule has 88 heavy (non-hydrogen) atoms. The van der Waals surface area contributed by atoms with Crippen molar-refractivity contribution >= 4 is 11.3 Å². The SMILES string of the molecule is Cc1cccc2c1OC[n+]1cccnc1-2.Cc1cccc2c1OC[n+]1cncnc1-2.c1ccc(-c2cccc3c2OC[n+]2ccccc2-3)nc1.c1coc(-c2cccc3c2OC[n+]2ccccc2-3)c1.c1csc(-c2cccc3c2OC[n+]2ccccc2-3)c1. The molecule has 5 aliphatic heterocycles. The molecule has 0 bridgehead atoms. The molecule has 0 spiro atoms. The monoisotopic (exact) mass is 1180 g/mol. The van der Waals surface area contributed by atoms with E-state index in [9.17, 15) is 0 Å². The summed E-state index contributed by atoms with van der Waals surface area (Å²) >= 11 is 1.74. The lowest BCUT2D eigenvalue weighted by atomic mass is 10.0. The lowest BCUT2D eigenvalue weighted by Gasteiger charge is -2.18. The number of rotatable bonds is 3. The molecule has 0 amide bonds. The van der Waals surface area contributed by atoms with E-state index in [-0.39, 0.29) is 0 Å². The lowest BCUT2D eigenvalue weighted by molar-refractivity contribution is -0.722. The second kappa shape index (κ2) is 24.8. The largest absolute Gasteiger partial charge is 0.464 e. The summed E-state index contributed by atoms with van der Waals surface area (Å²) in [6, 6.07) is 65.3. The number of aryl methyl sites for hydroxylation is 2. The molecule has 0 atom stereocenters. The average Bonchev–Trinajstić information content (AvgIpc) is 3.55. The molecule has 0 unspecified atom stereocenters. The standard InChI is InChI=1S/C17H13N2O.C16H12NO2.C16H12NOS.C12H11N2O.C11H10N3O/c1-3-10-18-15(8-1)13-6-5-7-14-16-9-2-4-11-19(16)12-20-17(13)14;1-2-9-17-11-19-16-12(14(17)7-1)5-3-6-13(16)15-8-4-10-18-15;1-2-9-17-11-18-16-12(14(17)7-1)5-3-6-13(16)15-8-4-10-19-15;1-9-4-2-5-10-11(9)15-8-14-7-3-6-13-12(10)14;1-8-3-2-4-9-10(8)15-7-14-6-12-5-13-11(9)14/h1-11H,12H2;2*1-10H,11H2;2-7H,8H2,1H3;2-6H,7H2,1H3/q5*+1. The van der Waals surface area contributed by atoms with Gasteiger partial charge in [0, 0.05) is 64.7 Å². The molecule has 0 fully saturated rings. The van der Waals surface area contributed by atoms with Gasteiger partial charge in [-0.05, 0) is 132 Å². The van der Waals surface area contributed by atoms with Crippen molar-refractivity contribution in [1.29, 1.82) is 0 Å². The average molecular weight is 1180 g/mol. The summed E-state index contributed by atoms with van der Waals surface area (Å²) < 4.78 is 44.9. The molecule has 13 aromatic rings. The van der Waals surface area contributed by atoms with Crippen LogP contribution in [0, 0.1) is 13.8 Å². The fraction of sp³-hybridized carbons (Fsp3) is 0.0972. The van der Waals surface area contributed by atoms with Crippen molar-refractivity contribution < 1.29 is 50.9 Å². The van der Waals surface area contributed by atoms with Crippen LogP contribution in [-0.2, 0) is 33.7 Å². The zero-order chi connectivity index (χ0) is 59.2. The van der Waals surface area contributed by atoms with Crippen LogP contribution in [0.1, 0.15) is 11.1 Å². The molecule has 428 valence electrons. The summed E-state index contributed by atoms with van der Waals surface area (Å²) in [5.41, 5.74) is 15.5. The minimum Gasteiger partial charge on any atom is -0.464 e. The summed E-state index contributed by atoms with van der Waals surface area (Å²) in [6.07, 6.45) is 16.7. The maximum atomic E-state index is 5.97. The lowest BCUT2D eigenvalue weighted by Crippen LogP contribution is -2.42. The van der Waals surface area contributed by atoms with Crippen LogP contribution in [0.5, 0.6) is 28.7 Å². The van der Waals surface area contributed by atoms with Crippen molar-refractivity contribution in [2.45, 2.75) is 47.5 Å². The summed E-state index contributed by atoms with van der Waals surface area (Å²) in [4.78, 5) is 18.3. The number of benzene rings is 5. The number of hydrogen-bond acceptors (Lipinski definition) is 11. The van der Waals surface area contributed by atoms with Crippen LogP contribution >= 0.6 is 11.3 Å². The first-order chi connectivity index (χ1) is 43.5. The number of fused-ring (bicyclic) bond motifs is 15. The molecule has 0 aliphatic carbocycles. The maximum absolute atomic E-state index is 5.97. The Labute approximate surface area is 512 Å². The van der Waals surface area contributed by atoms with Crippen molar-refractivity contribution in [2.75, 3.05) is 0 Å². The molecule has 8 aromatic heterocycles. The molecule has 0 N–H and O–H groups in total. The van der Waals surface area contributed by atoms with Crippen molar-refractivity contribution in [3.8, 4) is 118 Å². The van der Waals surface area contributed by atoms with Crippen molar-refractivity contribution in [1.82, 2.24) is 19.9 Å². The van der Waals surface area contributed by atoms with Crippen LogP contribution < -0.4 is 46.5 Å². The van der Waals surface area contributed by atoms with E-state index in [1.165, 1.54) is 21.8 Å². The van der Waals surface area contributed by atoms with Gasteiger partial charge in [0.2, 0.25) is 36.9 Å². The molecular formula is C72H58N9O6S+5. The summed E-state index contributed by atoms with van der Waals surface area (Å²) in [6.45, 7) is 6.75. The first kappa shape index (κ1) is 54.7. The second-order valence-electron chi connectivity index (χ2n) is 20.9. The van der Waals surface area contributed by atoms with Crippen molar-refractivity contribution in [2.24, 2.45) is 0 Å². The van der Waals surface area contributed by atoms with E-state index in [2.05, 4.69) is 137 Å². The minimum atomic E-state index is 0.480. The zero-order valence-corrected chi connectivity index (χ0v) is 49.0. The molecule has 5 aromatic carbocycles. The highest BCUT2D eigenvalue weighted by Gasteiger charge is 2.30. The Hall–Kier alpha value is -11.2. The van der Waals surface area contributed by atoms with Gasteiger partial charge in [0.15, 0.2) is 24.3 Å². The highest BCUT2D eigenvalue weighted by molar-refractivity contribution is 7.13. The van der Waals surface area contributed by atoms with E-state index in [4.69, 9.17) is 28.1 Å². The Morgan fingerprint density at radius 3 is 1.43 bits per heavy atom. The maximum Gasteiger partial charge on any atom is 0.336 e. The van der Waals surface area contributed by atoms with Crippen LogP contribution in [0.4, 0.5) is 0 Å². The number of ether oxygens (including phenoxy) is 5. The van der Waals surface area contributed by atoms with Gasteiger partial charge in [0.05, 0.1) is 46.0 Å². The van der Waals surface area contributed by atoms with Gasteiger partial charge in [-0.2, -0.15) is 22.8 Å². The third-order valence-electron chi connectivity index (χ3n) is 15.4. The fourth-order valence-electron chi connectivity index (χ4n) is 11.2. The molecule has 13 heterocycles. The highest BCUT2D eigenvalue weighted by atomic mass is 32.1. The molecule has 0 saturated carbocycles. The summed E-state index contributed by atoms with van der Waals surface area (Å²) in [5.74, 6) is 7.41. The van der Waals surface area contributed by atoms with Gasteiger partial charge in [-0.1, -0.05) is 64.6 Å². The molecule has 18 rings (SSSR count). The van der Waals surface area contributed by atoms with Gasteiger partial charge >= 0.3 is 5.82 Å². The van der Waals surface area contributed by atoms with E-state index in [1.54, 1.807) is 36.5 Å². The first-order valence-corrected chi connectivity index (χ1v) is 29.6. The van der Waals surface area contributed by atoms with E-state index >= 15 is 0 Å². The van der Waals surface area contributed by atoms with Crippen molar-refractivity contribution in [3.63, 3.8) is 0 Å². The summed E-state index contributed by atoms with van der Waals surface area (Å²) in [7, 11) is 0. The predicted molar refractivity (Wildman–Crippen MR) is 331 cm³/mol.